The average molecular weight is 749 g/mol. The molecule has 9 nitrogen and oxygen atoms in total. The maximum absolute atomic E-state index is 13.1. The summed E-state index contributed by atoms with van der Waals surface area (Å²) in [5, 5.41) is 12.4. The maximum atomic E-state index is 13.1. The van der Waals surface area contributed by atoms with Gasteiger partial charge in [-0.15, -0.1) is 0 Å². The molecular formula is C42H51F3N4O5. The van der Waals surface area contributed by atoms with Gasteiger partial charge in [0, 0.05) is 43.7 Å². The quantitative estimate of drug-likeness (QED) is 0.236. The molecule has 0 radical (unpaired) electrons. The van der Waals surface area contributed by atoms with Crippen LogP contribution >= 0.6 is 0 Å². The van der Waals surface area contributed by atoms with Gasteiger partial charge in [-0.25, -0.2) is 0 Å². The minimum absolute atomic E-state index is 0.0142. The van der Waals surface area contributed by atoms with Crippen molar-refractivity contribution >= 4 is 11.8 Å². The van der Waals surface area contributed by atoms with Gasteiger partial charge in [-0.3, -0.25) is 14.5 Å². The van der Waals surface area contributed by atoms with Crippen LogP contribution in [0.3, 0.4) is 0 Å². The molecule has 12 heteroatoms. The number of hydrogen-bond donors (Lipinski definition) is 2. The van der Waals surface area contributed by atoms with Crippen LogP contribution in [0.5, 0.6) is 0 Å². The van der Waals surface area contributed by atoms with E-state index in [0.29, 0.717) is 17.4 Å². The maximum Gasteiger partial charge on any atom is 0.471 e. The van der Waals surface area contributed by atoms with Crippen LogP contribution in [0.4, 0.5) is 13.2 Å². The van der Waals surface area contributed by atoms with E-state index >= 15 is 0 Å². The molecule has 290 valence electrons. The average Bonchev–Trinajstić information content (AvgIpc) is 3.98. The number of ether oxygens (including phenoxy) is 2. The van der Waals surface area contributed by atoms with Gasteiger partial charge in [0.2, 0.25) is 5.91 Å². The second-order valence-corrected chi connectivity index (χ2v) is 15.3. The first-order chi connectivity index (χ1) is 26.1. The number of likely N-dealkylation sites (tertiary alicyclic amines) is 3. The molecule has 3 aromatic carbocycles. The zero-order chi connectivity index (χ0) is 37.8. The molecule has 0 aliphatic carbocycles. The van der Waals surface area contributed by atoms with E-state index < -0.39 is 30.3 Å². The normalized spacial score (nSPS) is 26.7. The summed E-state index contributed by atoms with van der Waals surface area (Å²) in [5.74, 6) is -2.46. The van der Waals surface area contributed by atoms with Crippen LogP contribution in [0.2, 0.25) is 0 Å². The predicted octanol–water partition coefficient (Wildman–Crippen LogP) is 6.37. The first-order valence-electron chi connectivity index (χ1n) is 19.4. The number of nitrogens with zero attached hydrogens (tertiary/aromatic N) is 3. The van der Waals surface area contributed by atoms with Crippen LogP contribution in [0.15, 0.2) is 72.8 Å². The third kappa shape index (κ3) is 8.84. The molecule has 7 rings (SSSR count). The molecule has 0 spiro atoms. The Bertz CT molecular complexity index is 1730. The third-order valence-electron chi connectivity index (χ3n) is 11.7. The number of aliphatic hydroxyl groups is 1. The lowest BCUT2D eigenvalue weighted by Gasteiger charge is -2.43. The standard InChI is InChI=1S/C42H51F3N4O5/c1-28-37(26-48-21-5-9-35(48)25-47-19-2-3-20-47)53-40(54-38(28)32-13-11-29(27-50)12-14-32)33-17-15-31(16-18-33)34-8-4-7-30(23-34)24-46-39(51)36-10-6-22-49(36)41(52)42(43,44)45/h4,7-8,11-18,23,28,35-38,40,50H,2-3,5-6,9-10,19-22,24-27H2,1H3,(H,46,51)/t28-,35+,36+,37+,38+,40+/m1/s1. The van der Waals surface area contributed by atoms with Crippen LogP contribution in [0, 0.1) is 5.92 Å². The van der Waals surface area contributed by atoms with Gasteiger partial charge in [-0.05, 0) is 92.0 Å². The Kier molecular flexibility index (Phi) is 12.0. The van der Waals surface area contributed by atoms with Crippen molar-refractivity contribution in [2.75, 3.05) is 39.3 Å². The number of carbonyl (C=O) groups excluding carboxylic acids is 2. The van der Waals surface area contributed by atoms with Gasteiger partial charge in [0.05, 0.1) is 18.8 Å². The zero-order valence-corrected chi connectivity index (χ0v) is 30.8. The van der Waals surface area contributed by atoms with Gasteiger partial charge < -0.3 is 29.7 Å². The lowest BCUT2D eigenvalue weighted by molar-refractivity contribution is -0.276. The van der Waals surface area contributed by atoms with Gasteiger partial charge in [0.15, 0.2) is 6.29 Å². The molecule has 4 aliphatic heterocycles. The number of aliphatic hydroxyl groups excluding tert-OH is 1. The Morgan fingerprint density at radius 2 is 1.54 bits per heavy atom. The Labute approximate surface area is 315 Å². The molecule has 3 aromatic rings. The number of hydrogen-bond acceptors (Lipinski definition) is 7. The molecule has 4 heterocycles. The van der Waals surface area contributed by atoms with Crippen molar-refractivity contribution in [2.24, 2.45) is 5.92 Å². The van der Waals surface area contributed by atoms with Crippen LogP contribution in [-0.2, 0) is 32.2 Å². The van der Waals surface area contributed by atoms with E-state index in [4.69, 9.17) is 9.47 Å². The molecule has 4 fully saturated rings. The summed E-state index contributed by atoms with van der Waals surface area (Å²) in [6.45, 7) is 7.63. The molecule has 4 saturated heterocycles. The number of carbonyl (C=O) groups is 2. The fraction of sp³-hybridized carbons (Fsp3) is 0.524. The fourth-order valence-corrected chi connectivity index (χ4v) is 8.61. The SMILES string of the molecule is C[C@@H]1[C@H](CN2CCC[C@H]2CN2CCCC2)O[C@H](c2ccc(-c3cccc(CNC(=O)[C@@H]4CCCN4C(=O)C(F)(F)F)c3)cc2)O[C@@H]1c1ccc(CO)cc1. The van der Waals surface area contributed by atoms with Crippen molar-refractivity contribution in [3.05, 3.63) is 95.1 Å². The smallest absolute Gasteiger partial charge is 0.392 e. The van der Waals surface area contributed by atoms with E-state index in [9.17, 15) is 27.9 Å². The lowest BCUT2D eigenvalue weighted by Crippen LogP contribution is -2.50. The van der Waals surface area contributed by atoms with E-state index in [1.807, 2.05) is 72.8 Å². The van der Waals surface area contributed by atoms with Crippen molar-refractivity contribution in [1.29, 1.82) is 0 Å². The number of halogens is 3. The summed E-state index contributed by atoms with van der Waals surface area (Å²) in [6.07, 6.45) is -0.327. The number of alkyl halides is 3. The first kappa shape index (κ1) is 38.5. The van der Waals surface area contributed by atoms with Crippen molar-refractivity contribution in [3.63, 3.8) is 0 Å². The summed E-state index contributed by atoms with van der Waals surface area (Å²) in [5.41, 5.74) is 5.46. The topological polar surface area (TPSA) is 94.6 Å². The highest BCUT2D eigenvalue weighted by atomic mass is 19.4. The number of rotatable bonds is 11. The monoisotopic (exact) mass is 748 g/mol. The minimum Gasteiger partial charge on any atom is -0.392 e. The third-order valence-corrected chi connectivity index (χ3v) is 11.7. The highest BCUT2D eigenvalue weighted by molar-refractivity contribution is 5.90. The second-order valence-electron chi connectivity index (χ2n) is 15.3. The van der Waals surface area contributed by atoms with E-state index in [2.05, 4.69) is 22.0 Å². The molecule has 4 aliphatic rings. The van der Waals surface area contributed by atoms with Gasteiger partial charge in [0.1, 0.15) is 6.04 Å². The fourth-order valence-electron chi connectivity index (χ4n) is 8.61. The van der Waals surface area contributed by atoms with Gasteiger partial charge >= 0.3 is 12.1 Å². The van der Waals surface area contributed by atoms with Gasteiger partial charge in [-0.2, -0.15) is 13.2 Å². The highest BCUT2D eigenvalue weighted by Crippen LogP contribution is 2.43. The highest BCUT2D eigenvalue weighted by Gasteiger charge is 2.47. The van der Waals surface area contributed by atoms with E-state index in [1.165, 1.54) is 38.8 Å². The number of nitrogens with one attached hydrogen (secondary N) is 1. The van der Waals surface area contributed by atoms with Crippen LogP contribution < -0.4 is 5.32 Å². The van der Waals surface area contributed by atoms with Crippen molar-refractivity contribution < 1.29 is 37.3 Å². The molecule has 0 bridgehead atoms. The van der Waals surface area contributed by atoms with Crippen LogP contribution in [0.25, 0.3) is 11.1 Å². The zero-order valence-electron chi connectivity index (χ0n) is 30.8. The Morgan fingerprint density at radius 3 is 2.26 bits per heavy atom. The number of benzene rings is 3. The second kappa shape index (κ2) is 16.9. The first-order valence-corrected chi connectivity index (χ1v) is 19.4. The van der Waals surface area contributed by atoms with Crippen LogP contribution in [-0.4, -0.2) is 95.3 Å². The summed E-state index contributed by atoms with van der Waals surface area (Å²) < 4.78 is 52.8. The van der Waals surface area contributed by atoms with Crippen molar-refractivity contribution in [1.82, 2.24) is 20.0 Å². The molecular weight excluding hydrogens is 697 g/mol. The summed E-state index contributed by atoms with van der Waals surface area (Å²) >= 11 is 0. The Balaban J connectivity index is 1.04. The Hall–Kier alpha value is -3.81. The lowest BCUT2D eigenvalue weighted by atomic mass is 9.89. The molecule has 2 amide bonds. The van der Waals surface area contributed by atoms with E-state index in [-0.39, 0.29) is 44.2 Å². The molecule has 0 saturated carbocycles. The van der Waals surface area contributed by atoms with Crippen molar-refractivity contribution in [2.45, 2.75) is 95.4 Å². The largest absolute Gasteiger partial charge is 0.471 e. The van der Waals surface area contributed by atoms with Gasteiger partial charge in [-0.1, -0.05) is 73.7 Å². The molecule has 54 heavy (non-hydrogen) atoms. The van der Waals surface area contributed by atoms with Crippen molar-refractivity contribution in [3.8, 4) is 11.1 Å². The van der Waals surface area contributed by atoms with E-state index in [0.717, 1.165) is 53.0 Å². The molecule has 0 aromatic heterocycles. The molecule has 6 atom stereocenters. The van der Waals surface area contributed by atoms with Gasteiger partial charge in [0.25, 0.3) is 0 Å². The summed E-state index contributed by atoms with van der Waals surface area (Å²) in [4.78, 5) is 30.6. The number of amides is 2. The van der Waals surface area contributed by atoms with Crippen LogP contribution in [0.1, 0.15) is 80.1 Å². The van der Waals surface area contributed by atoms with E-state index in [1.54, 1.807) is 0 Å². The minimum atomic E-state index is -5.01. The summed E-state index contributed by atoms with van der Waals surface area (Å²) in [6, 6.07) is 23.1. The Morgan fingerprint density at radius 1 is 0.815 bits per heavy atom. The predicted molar refractivity (Wildman–Crippen MR) is 198 cm³/mol. The molecule has 2 N–H and O–H groups in total. The molecule has 0 unspecified atom stereocenters. The summed E-state index contributed by atoms with van der Waals surface area (Å²) in [7, 11) is 0.